The van der Waals surface area contributed by atoms with Gasteiger partial charge in [0, 0.05) is 6.08 Å². The minimum atomic E-state index is -1.90. The van der Waals surface area contributed by atoms with Crippen LogP contribution in [-0.2, 0) is 39.7 Å². The lowest BCUT2D eigenvalue weighted by Crippen LogP contribution is -2.41. The van der Waals surface area contributed by atoms with Crippen LogP contribution >= 0.6 is 0 Å². The second-order valence-corrected chi connectivity index (χ2v) is 23.4. The molecular weight excluding hydrogens is 517 g/mol. The van der Waals surface area contributed by atoms with Gasteiger partial charge in [-0.05, 0) is 88.9 Å². The molecule has 0 saturated carbocycles. The number of rotatable bonds is 12. The van der Waals surface area contributed by atoms with Crippen LogP contribution in [0.4, 0.5) is 0 Å². The Hall–Kier alpha value is -2.00. The summed E-state index contributed by atoms with van der Waals surface area (Å²) in [6.45, 7) is 26.1. The smallest absolute Gasteiger partial charge is 0.328 e. The highest BCUT2D eigenvalue weighted by Gasteiger charge is 2.38. The van der Waals surface area contributed by atoms with Crippen LogP contribution in [0.5, 0.6) is 0 Å². The van der Waals surface area contributed by atoms with Crippen molar-refractivity contribution < 1.29 is 18.8 Å². The van der Waals surface area contributed by atoms with Gasteiger partial charge >= 0.3 is 5.97 Å². The fraction of sp³-hybridized carbons (Fsp3) is 0.545. The number of aryl methyl sites for hydroxylation is 2. The Kier molecular flexibility index (Phi) is 11.2. The predicted octanol–water partition coefficient (Wildman–Crippen LogP) is 9.39. The van der Waals surface area contributed by atoms with Gasteiger partial charge in [-0.25, -0.2) is 4.79 Å². The molecule has 0 fully saturated rings. The molecule has 2 aromatic carbocycles. The molecule has 2 aromatic rings. The average molecular weight is 569 g/mol. The first-order valence-corrected chi connectivity index (χ1v) is 20.1. The average Bonchev–Trinajstić information content (AvgIpc) is 2.82. The van der Waals surface area contributed by atoms with E-state index in [1.807, 2.05) is 19.1 Å². The summed E-state index contributed by atoms with van der Waals surface area (Å²) in [5, 5.41) is 9.53. The van der Waals surface area contributed by atoms with Gasteiger partial charge in [-0.2, -0.15) is 0 Å². The Balaban J connectivity index is 2.29. The van der Waals surface area contributed by atoms with Crippen molar-refractivity contribution >= 4 is 28.2 Å². The lowest BCUT2D eigenvalue weighted by Gasteiger charge is -2.37. The normalized spacial score (nSPS) is 13.6. The van der Waals surface area contributed by atoms with Crippen LogP contribution in [0.3, 0.4) is 0 Å². The number of carboxylic acid groups (broad SMARTS) is 1. The van der Waals surface area contributed by atoms with E-state index in [4.69, 9.17) is 8.85 Å². The minimum Gasteiger partial charge on any atom is -0.478 e. The SMILES string of the molecule is CCC(=CC(=O)O)c1cccc(CCc2ccc(CO[Si](C)(C)C(C)(C)C)c(CO[Si](C)(C)C(C)(C)C)c2)c1. The number of carbonyl (C=O) groups is 1. The maximum atomic E-state index is 11.2. The third-order valence-corrected chi connectivity index (χ3v) is 17.7. The zero-order valence-corrected chi connectivity index (χ0v) is 28.3. The molecule has 216 valence electrons. The minimum absolute atomic E-state index is 0.153. The first-order valence-electron chi connectivity index (χ1n) is 14.3. The first-order chi connectivity index (χ1) is 17.9. The molecule has 0 radical (unpaired) electrons. The fourth-order valence-electron chi connectivity index (χ4n) is 3.81. The van der Waals surface area contributed by atoms with Crippen molar-refractivity contribution in [3.05, 3.63) is 76.4 Å². The van der Waals surface area contributed by atoms with Crippen molar-refractivity contribution in [3.8, 4) is 0 Å². The summed E-state index contributed by atoms with van der Waals surface area (Å²) in [7, 11) is -3.78. The van der Waals surface area contributed by atoms with Crippen molar-refractivity contribution in [2.75, 3.05) is 0 Å². The quantitative estimate of drug-likeness (QED) is 0.205. The molecule has 0 spiro atoms. The molecule has 1 N–H and O–H groups in total. The maximum absolute atomic E-state index is 11.2. The summed E-state index contributed by atoms with van der Waals surface area (Å²) >= 11 is 0. The molecule has 0 heterocycles. The Morgan fingerprint density at radius 1 is 0.795 bits per heavy atom. The molecule has 0 aliphatic carbocycles. The van der Waals surface area contributed by atoms with Gasteiger partial charge in [0.1, 0.15) is 0 Å². The Morgan fingerprint density at radius 2 is 1.31 bits per heavy atom. The highest BCUT2D eigenvalue weighted by atomic mass is 28.4. The van der Waals surface area contributed by atoms with Crippen LogP contribution in [-0.4, -0.2) is 27.7 Å². The van der Waals surface area contributed by atoms with E-state index in [2.05, 4.69) is 98.1 Å². The zero-order valence-electron chi connectivity index (χ0n) is 26.3. The summed E-state index contributed by atoms with van der Waals surface area (Å²) in [5.74, 6) is -0.901. The van der Waals surface area contributed by atoms with E-state index in [9.17, 15) is 9.90 Å². The van der Waals surface area contributed by atoms with Gasteiger partial charge < -0.3 is 14.0 Å². The molecule has 0 aliphatic rings. The number of benzene rings is 2. The second kappa shape index (κ2) is 13.1. The predicted molar refractivity (Wildman–Crippen MR) is 170 cm³/mol. The summed E-state index contributed by atoms with van der Waals surface area (Å²) in [5.41, 5.74) is 6.77. The van der Waals surface area contributed by atoms with Gasteiger partial charge in [0.05, 0.1) is 13.2 Å². The third-order valence-electron chi connectivity index (χ3n) is 8.74. The number of hydrogen-bond acceptors (Lipinski definition) is 3. The van der Waals surface area contributed by atoms with Gasteiger partial charge in [-0.3, -0.25) is 0 Å². The van der Waals surface area contributed by atoms with Gasteiger partial charge in [-0.15, -0.1) is 0 Å². The van der Waals surface area contributed by atoms with E-state index < -0.39 is 22.6 Å². The Morgan fingerprint density at radius 3 is 1.79 bits per heavy atom. The monoisotopic (exact) mass is 568 g/mol. The van der Waals surface area contributed by atoms with Gasteiger partial charge in [0.15, 0.2) is 16.6 Å². The van der Waals surface area contributed by atoms with Crippen molar-refractivity contribution in [2.24, 2.45) is 0 Å². The first kappa shape index (κ1) is 33.2. The van der Waals surface area contributed by atoms with Crippen LogP contribution in [0.25, 0.3) is 5.57 Å². The van der Waals surface area contributed by atoms with E-state index in [0.717, 1.165) is 24.0 Å². The summed E-state index contributed by atoms with van der Waals surface area (Å²) in [4.78, 5) is 11.2. The van der Waals surface area contributed by atoms with Gasteiger partial charge in [0.2, 0.25) is 0 Å². The van der Waals surface area contributed by atoms with E-state index in [1.165, 1.54) is 28.3 Å². The summed E-state index contributed by atoms with van der Waals surface area (Å²) in [6.07, 6.45) is 3.80. The van der Waals surface area contributed by atoms with E-state index in [-0.39, 0.29) is 10.1 Å². The van der Waals surface area contributed by atoms with Gasteiger partial charge in [-0.1, -0.05) is 90.9 Å². The molecule has 0 aliphatic heterocycles. The highest BCUT2D eigenvalue weighted by Crippen LogP contribution is 2.39. The molecule has 39 heavy (non-hydrogen) atoms. The number of aliphatic carboxylic acids is 1. The molecule has 0 amide bonds. The molecule has 0 atom stereocenters. The molecule has 0 aromatic heterocycles. The zero-order chi connectivity index (χ0) is 29.6. The molecule has 6 heteroatoms. The number of allylic oxidation sites excluding steroid dienone is 1. The maximum Gasteiger partial charge on any atom is 0.328 e. The van der Waals surface area contributed by atoms with Gasteiger partial charge in [0.25, 0.3) is 0 Å². The second-order valence-electron chi connectivity index (χ2n) is 13.8. The van der Waals surface area contributed by atoms with E-state index in [0.29, 0.717) is 19.6 Å². The molecular formula is C33H52O4Si2. The number of carboxylic acids is 1. The van der Waals surface area contributed by atoms with Crippen LogP contribution in [0.2, 0.25) is 36.3 Å². The molecule has 0 saturated heterocycles. The summed E-state index contributed by atoms with van der Waals surface area (Å²) < 4.78 is 13.3. The standard InChI is InChI=1S/C33H52O4Si2/c1-12-27(22-31(34)35)28-15-13-14-25(20-28)16-17-26-18-19-29(23-36-38(8,9)32(2,3)4)30(21-26)24-37-39(10,11)33(5,6)7/h13-15,18-22H,12,16-17,23-24H2,1-11H3,(H,34,35). The van der Waals surface area contributed by atoms with Crippen molar-refractivity contribution in [1.29, 1.82) is 0 Å². The van der Waals surface area contributed by atoms with Crippen molar-refractivity contribution in [3.63, 3.8) is 0 Å². The molecule has 0 unspecified atom stereocenters. The molecule has 0 bridgehead atoms. The van der Waals surface area contributed by atoms with Crippen LogP contribution in [0.15, 0.2) is 48.5 Å². The van der Waals surface area contributed by atoms with E-state index in [1.54, 1.807) is 0 Å². The highest BCUT2D eigenvalue weighted by molar-refractivity contribution is 6.74. The van der Waals surface area contributed by atoms with Crippen LogP contribution < -0.4 is 0 Å². The van der Waals surface area contributed by atoms with Crippen molar-refractivity contribution in [2.45, 2.75) is 117 Å². The summed E-state index contributed by atoms with van der Waals surface area (Å²) in [6, 6.07) is 15.0. The third kappa shape index (κ3) is 9.56. The topological polar surface area (TPSA) is 55.8 Å². The largest absolute Gasteiger partial charge is 0.478 e. The molecule has 4 nitrogen and oxygen atoms in total. The Bertz CT molecular complexity index is 1150. The van der Waals surface area contributed by atoms with Crippen LogP contribution in [0.1, 0.15) is 82.7 Å². The molecule has 2 rings (SSSR count). The van der Waals surface area contributed by atoms with Crippen molar-refractivity contribution in [1.82, 2.24) is 0 Å². The number of hydrogen-bond donors (Lipinski definition) is 1. The fourth-order valence-corrected chi connectivity index (χ4v) is 5.71. The lowest BCUT2D eigenvalue weighted by atomic mass is 9.96. The van der Waals surface area contributed by atoms with E-state index >= 15 is 0 Å². The van der Waals surface area contributed by atoms with Crippen LogP contribution in [0, 0.1) is 0 Å². The lowest BCUT2D eigenvalue weighted by molar-refractivity contribution is -0.131. The Labute approximate surface area is 240 Å².